The third kappa shape index (κ3) is 2.84. The van der Waals surface area contributed by atoms with Crippen molar-refractivity contribution in [1.29, 1.82) is 0 Å². The number of ether oxygens (including phenoxy) is 3. The maximum Gasteiger partial charge on any atom is 0.308 e. The quantitative estimate of drug-likeness (QED) is 0.749. The summed E-state index contributed by atoms with van der Waals surface area (Å²) >= 11 is 0. The highest BCUT2D eigenvalue weighted by atomic mass is 16.6. The van der Waals surface area contributed by atoms with Gasteiger partial charge in [0.05, 0.1) is 31.8 Å². The minimum atomic E-state index is -0.868. The Kier molecular flexibility index (Phi) is 4.25. The van der Waals surface area contributed by atoms with E-state index in [-0.39, 0.29) is 24.6 Å². The van der Waals surface area contributed by atoms with Gasteiger partial charge in [0.25, 0.3) is 0 Å². The third-order valence-electron chi connectivity index (χ3n) is 3.95. The van der Waals surface area contributed by atoms with Gasteiger partial charge in [-0.15, -0.1) is 0 Å². The fourth-order valence-corrected chi connectivity index (χ4v) is 2.79. The molecule has 2 saturated heterocycles. The van der Waals surface area contributed by atoms with E-state index in [1.807, 2.05) is 0 Å². The second-order valence-corrected chi connectivity index (χ2v) is 5.37. The van der Waals surface area contributed by atoms with Gasteiger partial charge in [-0.3, -0.25) is 4.79 Å². The summed E-state index contributed by atoms with van der Waals surface area (Å²) in [6, 6.07) is 0. The standard InChI is InChI=1S/C13H22O5/c1-13(8-12(15)16-2)11(14)6-5-9-10(18-13)4-3-7-17-9/h9-11,14H,3-8H2,1-2H3/t9-,10+,11?,13?/m1/s1. The molecule has 0 bridgehead atoms. The number of esters is 1. The van der Waals surface area contributed by atoms with Crippen molar-refractivity contribution < 1.29 is 24.1 Å². The summed E-state index contributed by atoms with van der Waals surface area (Å²) in [4.78, 5) is 11.5. The third-order valence-corrected chi connectivity index (χ3v) is 3.95. The highest BCUT2D eigenvalue weighted by Crippen LogP contribution is 2.35. The molecular weight excluding hydrogens is 236 g/mol. The Hall–Kier alpha value is -0.650. The van der Waals surface area contributed by atoms with Crippen LogP contribution in [0.2, 0.25) is 0 Å². The summed E-state index contributed by atoms with van der Waals surface area (Å²) in [5.74, 6) is -0.355. The van der Waals surface area contributed by atoms with E-state index in [0.717, 1.165) is 25.9 Å². The molecule has 1 N–H and O–H groups in total. The van der Waals surface area contributed by atoms with Crippen molar-refractivity contribution in [3.63, 3.8) is 0 Å². The molecule has 0 aromatic rings. The Balaban J connectivity index is 2.10. The van der Waals surface area contributed by atoms with E-state index in [1.54, 1.807) is 6.92 Å². The zero-order chi connectivity index (χ0) is 13.2. The number of rotatable bonds is 2. The van der Waals surface area contributed by atoms with E-state index in [1.165, 1.54) is 7.11 Å². The summed E-state index contributed by atoms with van der Waals surface area (Å²) in [6.45, 7) is 2.54. The Morgan fingerprint density at radius 1 is 1.39 bits per heavy atom. The van der Waals surface area contributed by atoms with Crippen LogP contribution in [0.4, 0.5) is 0 Å². The second kappa shape index (κ2) is 5.55. The number of hydrogen-bond acceptors (Lipinski definition) is 5. The molecule has 2 unspecified atom stereocenters. The number of fused-ring (bicyclic) bond motifs is 1. The molecule has 2 heterocycles. The van der Waals surface area contributed by atoms with Gasteiger partial charge >= 0.3 is 5.97 Å². The monoisotopic (exact) mass is 258 g/mol. The summed E-state index contributed by atoms with van der Waals surface area (Å²) in [7, 11) is 1.35. The summed E-state index contributed by atoms with van der Waals surface area (Å²) in [5.41, 5.74) is -0.868. The number of methoxy groups -OCH3 is 1. The van der Waals surface area contributed by atoms with Gasteiger partial charge in [-0.05, 0) is 32.6 Å². The van der Waals surface area contributed by atoms with Crippen molar-refractivity contribution >= 4 is 5.97 Å². The zero-order valence-corrected chi connectivity index (χ0v) is 11.1. The van der Waals surface area contributed by atoms with Crippen molar-refractivity contribution in [2.45, 2.75) is 62.9 Å². The molecule has 0 amide bonds. The van der Waals surface area contributed by atoms with E-state index in [9.17, 15) is 9.90 Å². The minimum Gasteiger partial charge on any atom is -0.469 e. The van der Waals surface area contributed by atoms with Crippen LogP contribution in [0.3, 0.4) is 0 Å². The van der Waals surface area contributed by atoms with Gasteiger partial charge in [0.1, 0.15) is 5.60 Å². The molecule has 2 fully saturated rings. The van der Waals surface area contributed by atoms with E-state index in [4.69, 9.17) is 9.47 Å². The molecule has 5 heteroatoms. The van der Waals surface area contributed by atoms with Crippen LogP contribution in [0.1, 0.15) is 39.0 Å². The van der Waals surface area contributed by atoms with Crippen LogP contribution in [-0.4, -0.2) is 48.7 Å². The predicted molar refractivity (Wildman–Crippen MR) is 64.1 cm³/mol. The van der Waals surface area contributed by atoms with Gasteiger partial charge in [0.15, 0.2) is 0 Å². The lowest BCUT2D eigenvalue weighted by Gasteiger charge is -2.37. The molecule has 18 heavy (non-hydrogen) atoms. The van der Waals surface area contributed by atoms with Gasteiger partial charge in [-0.25, -0.2) is 0 Å². The molecule has 0 radical (unpaired) electrons. The van der Waals surface area contributed by atoms with Crippen molar-refractivity contribution in [2.75, 3.05) is 13.7 Å². The van der Waals surface area contributed by atoms with Crippen LogP contribution >= 0.6 is 0 Å². The maximum atomic E-state index is 11.5. The van der Waals surface area contributed by atoms with Gasteiger partial charge in [0.2, 0.25) is 0 Å². The average molecular weight is 258 g/mol. The van der Waals surface area contributed by atoms with E-state index >= 15 is 0 Å². The van der Waals surface area contributed by atoms with Crippen LogP contribution in [0, 0.1) is 0 Å². The predicted octanol–water partition coefficient (Wildman–Crippen LogP) is 1.03. The van der Waals surface area contributed by atoms with Crippen LogP contribution in [0.15, 0.2) is 0 Å². The molecule has 2 aliphatic heterocycles. The lowest BCUT2D eigenvalue weighted by atomic mass is 9.92. The van der Waals surface area contributed by atoms with Crippen molar-refractivity contribution in [1.82, 2.24) is 0 Å². The van der Waals surface area contributed by atoms with Gasteiger partial charge in [0, 0.05) is 6.61 Å². The molecule has 0 aromatic carbocycles. The van der Waals surface area contributed by atoms with Crippen molar-refractivity contribution in [3.05, 3.63) is 0 Å². The SMILES string of the molecule is COC(=O)CC1(C)O[C@H]2CCCO[C@@H]2CCC1O. The van der Waals surface area contributed by atoms with Gasteiger partial charge in [-0.2, -0.15) is 0 Å². The molecule has 0 aliphatic carbocycles. The Morgan fingerprint density at radius 2 is 2.17 bits per heavy atom. The maximum absolute atomic E-state index is 11.5. The smallest absolute Gasteiger partial charge is 0.308 e. The highest BCUT2D eigenvalue weighted by molar-refractivity contribution is 5.70. The van der Waals surface area contributed by atoms with E-state index in [0.29, 0.717) is 6.42 Å². The van der Waals surface area contributed by atoms with Crippen molar-refractivity contribution in [3.8, 4) is 0 Å². The fourth-order valence-electron chi connectivity index (χ4n) is 2.79. The van der Waals surface area contributed by atoms with Crippen LogP contribution < -0.4 is 0 Å². The highest BCUT2D eigenvalue weighted by Gasteiger charge is 2.44. The first-order valence-corrected chi connectivity index (χ1v) is 6.59. The first kappa shape index (κ1) is 13.8. The van der Waals surface area contributed by atoms with Crippen LogP contribution in [-0.2, 0) is 19.0 Å². The molecule has 0 aromatic heterocycles. The summed E-state index contributed by atoms with van der Waals surface area (Å²) < 4.78 is 16.4. The molecule has 2 aliphatic rings. The molecule has 0 spiro atoms. The molecule has 5 nitrogen and oxygen atoms in total. The van der Waals surface area contributed by atoms with Crippen LogP contribution in [0.5, 0.6) is 0 Å². The van der Waals surface area contributed by atoms with Crippen LogP contribution in [0.25, 0.3) is 0 Å². The topological polar surface area (TPSA) is 65.0 Å². The molecular formula is C13H22O5. The Bertz CT molecular complexity index is 306. The fraction of sp³-hybridized carbons (Fsp3) is 0.923. The Morgan fingerprint density at radius 3 is 2.89 bits per heavy atom. The summed E-state index contributed by atoms with van der Waals surface area (Å²) in [5, 5.41) is 10.2. The first-order chi connectivity index (χ1) is 8.55. The zero-order valence-electron chi connectivity index (χ0n) is 11.1. The van der Waals surface area contributed by atoms with Gasteiger partial charge in [-0.1, -0.05) is 0 Å². The molecule has 4 atom stereocenters. The number of carbonyl (C=O) groups excluding carboxylic acids is 1. The van der Waals surface area contributed by atoms with E-state index in [2.05, 4.69) is 4.74 Å². The number of carbonyl (C=O) groups is 1. The lowest BCUT2D eigenvalue weighted by molar-refractivity contribution is -0.188. The molecule has 0 saturated carbocycles. The van der Waals surface area contributed by atoms with Crippen molar-refractivity contribution in [2.24, 2.45) is 0 Å². The Labute approximate surface area is 107 Å². The number of hydrogen-bond donors (Lipinski definition) is 1. The average Bonchev–Trinajstić information content (AvgIpc) is 2.48. The van der Waals surface area contributed by atoms with E-state index < -0.39 is 11.7 Å². The number of aliphatic hydroxyl groups is 1. The second-order valence-electron chi connectivity index (χ2n) is 5.37. The normalized spacial score (nSPS) is 40.7. The minimum absolute atomic E-state index is 0.0226. The number of aliphatic hydroxyl groups excluding tert-OH is 1. The first-order valence-electron chi connectivity index (χ1n) is 6.59. The molecule has 2 rings (SSSR count). The summed E-state index contributed by atoms with van der Waals surface area (Å²) in [6.07, 6.45) is 2.70. The molecule has 104 valence electrons. The lowest BCUT2D eigenvalue weighted by Crippen LogP contribution is -2.47. The van der Waals surface area contributed by atoms with Gasteiger partial charge < -0.3 is 19.3 Å². The largest absolute Gasteiger partial charge is 0.469 e.